The van der Waals surface area contributed by atoms with Gasteiger partial charge in [0, 0.05) is 13.8 Å². The van der Waals surface area contributed by atoms with Gasteiger partial charge in [-0.05, 0) is 12.1 Å². The summed E-state index contributed by atoms with van der Waals surface area (Å²) in [6.07, 6.45) is 0. The molecule has 86 valence electrons. The fourth-order valence-electron chi connectivity index (χ4n) is 1.20. The van der Waals surface area contributed by atoms with E-state index in [4.69, 9.17) is 5.26 Å². The third-order valence-electron chi connectivity index (χ3n) is 2.00. The first kappa shape index (κ1) is 12.6. The summed E-state index contributed by atoms with van der Waals surface area (Å²) >= 11 is 0. The van der Waals surface area contributed by atoms with Gasteiger partial charge >= 0.3 is 0 Å². The van der Waals surface area contributed by atoms with Gasteiger partial charge in [-0.1, -0.05) is 12.1 Å². The number of para-hydroxylation sites is 1. The molecular formula is C12H11N3O2. The van der Waals surface area contributed by atoms with Crippen molar-refractivity contribution in [2.24, 2.45) is 5.10 Å². The number of hydrogen-bond donors (Lipinski definition) is 1. The molecule has 0 heterocycles. The summed E-state index contributed by atoms with van der Waals surface area (Å²) in [7, 11) is 0. The SMILES string of the molecule is CC(=O)C(=NNc1ccccc1C#N)C(C)=O. The molecule has 0 spiro atoms. The number of Topliss-reactive ketones (excluding diaryl/α,β-unsaturated/α-hetero) is 2. The number of nitrogens with zero attached hydrogens (tertiary/aromatic N) is 2. The van der Waals surface area contributed by atoms with Crippen molar-refractivity contribution in [2.75, 3.05) is 5.43 Å². The topological polar surface area (TPSA) is 82.3 Å². The van der Waals surface area contributed by atoms with Gasteiger partial charge in [0.2, 0.25) is 0 Å². The second kappa shape index (κ2) is 5.56. The van der Waals surface area contributed by atoms with E-state index in [0.29, 0.717) is 11.3 Å². The largest absolute Gasteiger partial charge is 0.293 e. The molecule has 0 unspecified atom stereocenters. The van der Waals surface area contributed by atoms with E-state index in [2.05, 4.69) is 10.5 Å². The van der Waals surface area contributed by atoms with E-state index in [-0.39, 0.29) is 5.71 Å². The normalized spacial score (nSPS) is 9.00. The molecule has 0 aliphatic rings. The summed E-state index contributed by atoms with van der Waals surface area (Å²) in [5.74, 6) is -0.834. The van der Waals surface area contributed by atoms with Crippen LogP contribution in [-0.2, 0) is 9.59 Å². The number of benzene rings is 1. The molecule has 17 heavy (non-hydrogen) atoms. The summed E-state index contributed by atoms with van der Waals surface area (Å²) in [6.45, 7) is 2.52. The van der Waals surface area contributed by atoms with Crippen molar-refractivity contribution in [3.63, 3.8) is 0 Å². The van der Waals surface area contributed by atoms with Crippen LogP contribution in [0.5, 0.6) is 0 Å². The van der Waals surface area contributed by atoms with Crippen LogP contribution in [-0.4, -0.2) is 17.3 Å². The summed E-state index contributed by atoms with van der Waals surface area (Å²) in [4.78, 5) is 22.2. The molecule has 0 amide bonds. The van der Waals surface area contributed by atoms with Crippen molar-refractivity contribution in [1.29, 1.82) is 5.26 Å². The predicted octanol–water partition coefficient (Wildman–Crippen LogP) is 1.50. The lowest BCUT2D eigenvalue weighted by Crippen LogP contribution is -2.20. The molecule has 5 nitrogen and oxygen atoms in total. The number of rotatable bonds is 4. The molecule has 1 aromatic carbocycles. The van der Waals surface area contributed by atoms with Crippen LogP contribution in [0.25, 0.3) is 0 Å². The Hall–Kier alpha value is -2.48. The minimum atomic E-state index is -0.417. The molecule has 5 heteroatoms. The highest BCUT2D eigenvalue weighted by Crippen LogP contribution is 2.13. The maximum Gasteiger partial charge on any atom is 0.183 e. The summed E-state index contributed by atoms with van der Waals surface area (Å²) < 4.78 is 0. The monoisotopic (exact) mass is 229 g/mol. The van der Waals surface area contributed by atoms with Gasteiger partial charge in [-0.3, -0.25) is 15.0 Å². The van der Waals surface area contributed by atoms with Crippen molar-refractivity contribution in [1.82, 2.24) is 0 Å². The second-order valence-electron chi connectivity index (χ2n) is 3.34. The molecule has 0 bridgehead atoms. The summed E-state index contributed by atoms with van der Waals surface area (Å²) in [5.41, 5.74) is 3.23. The standard InChI is InChI=1S/C12H11N3O2/c1-8(16)12(9(2)17)15-14-11-6-4-3-5-10(11)7-13/h3-6,14H,1-2H3. The third kappa shape index (κ3) is 3.24. The molecule has 0 saturated heterocycles. The number of hydrogen-bond acceptors (Lipinski definition) is 5. The van der Waals surface area contributed by atoms with Gasteiger partial charge in [0.25, 0.3) is 0 Å². The smallest absolute Gasteiger partial charge is 0.183 e. The number of nitriles is 1. The van der Waals surface area contributed by atoms with E-state index in [1.807, 2.05) is 6.07 Å². The molecule has 0 aromatic heterocycles. The highest BCUT2D eigenvalue weighted by atomic mass is 16.1. The van der Waals surface area contributed by atoms with Crippen LogP contribution in [0.1, 0.15) is 19.4 Å². The Morgan fingerprint density at radius 2 is 1.82 bits per heavy atom. The lowest BCUT2D eigenvalue weighted by molar-refractivity contribution is -0.114. The van der Waals surface area contributed by atoms with E-state index in [0.717, 1.165) is 0 Å². The number of hydrazone groups is 1. The Balaban J connectivity index is 2.99. The Morgan fingerprint density at radius 1 is 1.24 bits per heavy atom. The minimum Gasteiger partial charge on any atom is -0.293 e. The van der Waals surface area contributed by atoms with Gasteiger partial charge in [0.15, 0.2) is 17.3 Å². The van der Waals surface area contributed by atoms with Crippen molar-refractivity contribution >= 4 is 23.0 Å². The Labute approximate surface area is 98.8 Å². The molecule has 0 fully saturated rings. The maximum atomic E-state index is 11.1. The van der Waals surface area contributed by atoms with Crippen LogP contribution in [0, 0.1) is 11.3 Å². The van der Waals surface area contributed by atoms with Crippen molar-refractivity contribution in [2.45, 2.75) is 13.8 Å². The van der Waals surface area contributed by atoms with Gasteiger partial charge in [-0.15, -0.1) is 0 Å². The molecule has 0 aliphatic heterocycles. The van der Waals surface area contributed by atoms with Crippen LogP contribution in [0.3, 0.4) is 0 Å². The molecule has 1 aromatic rings. The summed E-state index contributed by atoms with van der Waals surface area (Å²) in [5, 5.41) is 12.5. The van der Waals surface area contributed by atoms with Gasteiger partial charge < -0.3 is 0 Å². The average Bonchev–Trinajstić information content (AvgIpc) is 2.29. The molecule has 0 radical (unpaired) electrons. The quantitative estimate of drug-likeness (QED) is 0.482. The molecule has 1 N–H and O–H groups in total. The van der Waals surface area contributed by atoms with Crippen LogP contribution in [0.2, 0.25) is 0 Å². The lowest BCUT2D eigenvalue weighted by atomic mass is 10.2. The Kier molecular flexibility index (Phi) is 4.12. The minimum absolute atomic E-state index is 0.169. The molecule has 0 atom stereocenters. The second-order valence-corrected chi connectivity index (χ2v) is 3.34. The van der Waals surface area contributed by atoms with Gasteiger partial charge in [-0.2, -0.15) is 10.4 Å². The number of ketones is 2. The van der Waals surface area contributed by atoms with E-state index in [9.17, 15) is 9.59 Å². The predicted molar refractivity (Wildman–Crippen MR) is 63.6 cm³/mol. The van der Waals surface area contributed by atoms with E-state index >= 15 is 0 Å². The number of nitrogens with one attached hydrogen (secondary N) is 1. The zero-order chi connectivity index (χ0) is 12.8. The van der Waals surface area contributed by atoms with Crippen molar-refractivity contribution in [3.05, 3.63) is 29.8 Å². The fourth-order valence-corrected chi connectivity index (χ4v) is 1.20. The zero-order valence-corrected chi connectivity index (χ0v) is 9.52. The molecule has 1 rings (SSSR count). The number of carbonyl (C=O) groups is 2. The van der Waals surface area contributed by atoms with Gasteiger partial charge in [0.1, 0.15) is 6.07 Å². The Bertz CT molecular complexity index is 511. The lowest BCUT2D eigenvalue weighted by Gasteiger charge is -2.03. The highest BCUT2D eigenvalue weighted by molar-refractivity contribution is 6.65. The first-order chi connectivity index (χ1) is 8.06. The Morgan fingerprint density at radius 3 is 2.35 bits per heavy atom. The maximum absolute atomic E-state index is 11.1. The average molecular weight is 229 g/mol. The van der Waals surface area contributed by atoms with E-state index in [1.54, 1.807) is 24.3 Å². The zero-order valence-electron chi connectivity index (χ0n) is 9.52. The summed E-state index contributed by atoms with van der Waals surface area (Å²) in [6, 6.07) is 8.66. The van der Waals surface area contributed by atoms with Gasteiger partial charge in [0.05, 0.1) is 11.3 Å². The van der Waals surface area contributed by atoms with Crippen LogP contribution in [0.4, 0.5) is 5.69 Å². The first-order valence-corrected chi connectivity index (χ1v) is 4.91. The van der Waals surface area contributed by atoms with Crippen LogP contribution in [0.15, 0.2) is 29.4 Å². The fraction of sp³-hybridized carbons (Fsp3) is 0.167. The first-order valence-electron chi connectivity index (χ1n) is 4.91. The number of carbonyl (C=O) groups excluding carboxylic acids is 2. The van der Waals surface area contributed by atoms with E-state index in [1.165, 1.54) is 13.8 Å². The molecule has 0 aliphatic carbocycles. The van der Waals surface area contributed by atoms with Crippen molar-refractivity contribution in [3.8, 4) is 6.07 Å². The van der Waals surface area contributed by atoms with E-state index < -0.39 is 11.6 Å². The van der Waals surface area contributed by atoms with Crippen molar-refractivity contribution < 1.29 is 9.59 Å². The third-order valence-corrected chi connectivity index (χ3v) is 2.00. The number of anilines is 1. The van der Waals surface area contributed by atoms with Gasteiger partial charge in [-0.25, -0.2) is 0 Å². The van der Waals surface area contributed by atoms with Crippen LogP contribution < -0.4 is 5.43 Å². The molecule has 0 saturated carbocycles. The van der Waals surface area contributed by atoms with Crippen LogP contribution >= 0.6 is 0 Å². The highest BCUT2D eigenvalue weighted by Gasteiger charge is 2.11. The molecular weight excluding hydrogens is 218 g/mol.